The third kappa shape index (κ3) is 3.11. The number of carbonyl (C=O) groups is 1. The molecular formula is C15H20N2O2S. The highest BCUT2D eigenvalue weighted by atomic mass is 32.1. The number of aryl methyl sites for hydroxylation is 1. The maximum absolute atomic E-state index is 12.2. The first kappa shape index (κ1) is 14.8. The van der Waals surface area contributed by atoms with E-state index in [1.165, 1.54) is 11.3 Å². The molecule has 0 fully saturated rings. The lowest BCUT2D eigenvalue weighted by Gasteiger charge is -2.08. The fraction of sp³-hybridized carbons (Fsp3) is 0.400. The lowest BCUT2D eigenvalue weighted by Crippen LogP contribution is -2.27. The summed E-state index contributed by atoms with van der Waals surface area (Å²) in [5.74, 6) is -0.129. The van der Waals surface area contributed by atoms with Gasteiger partial charge in [-0.3, -0.25) is 4.79 Å². The fourth-order valence-electron chi connectivity index (χ4n) is 1.99. The van der Waals surface area contributed by atoms with Gasteiger partial charge >= 0.3 is 0 Å². The Balaban J connectivity index is 2.11. The van der Waals surface area contributed by atoms with Crippen LogP contribution in [-0.4, -0.2) is 25.2 Å². The normalized spacial score (nSPS) is 11.2. The molecule has 1 amide bonds. The van der Waals surface area contributed by atoms with Crippen molar-refractivity contribution < 1.29 is 9.53 Å². The standard InChI is InChI=1S/C15H20N2O2S/c1-9(2)19-8-7-17-15(18)14-12(16)11-6-4-5-10(3)13(11)20-14/h4-6,9H,7-8,16H2,1-3H3,(H,17,18). The number of fused-ring (bicyclic) bond motifs is 1. The van der Waals surface area contributed by atoms with Gasteiger partial charge in [0, 0.05) is 16.6 Å². The van der Waals surface area contributed by atoms with Gasteiger partial charge in [-0.25, -0.2) is 0 Å². The van der Waals surface area contributed by atoms with E-state index in [1.807, 2.05) is 39.0 Å². The highest BCUT2D eigenvalue weighted by Crippen LogP contribution is 2.35. The van der Waals surface area contributed by atoms with Gasteiger partial charge < -0.3 is 15.8 Å². The second kappa shape index (κ2) is 6.24. The number of nitrogen functional groups attached to an aromatic ring is 1. The van der Waals surface area contributed by atoms with Gasteiger partial charge in [0.25, 0.3) is 5.91 Å². The highest BCUT2D eigenvalue weighted by molar-refractivity contribution is 7.21. The number of carbonyl (C=O) groups excluding carboxylic acids is 1. The number of nitrogens with two attached hydrogens (primary N) is 1. The largest absolute Gasteiger partial charge is 0.397 e. The lowest BCUT2D eigenvalue weighted by atomic mass is 10.1. The van der Waals surface area contributed by atoms with E-state index in [0.717, 1.165) is 15.6 Å². The smallest absolute Gasteiger partial charge is 0.263 e. The molecule has 1 aromatic carbocycles. The van der Waals surface area contributed by atoms with Crippen LogP contribution in [0.5, 0.6) is 0 Å². The Bertz CT molecular complexity index is 620. The summed E-state index contributed by atoms with van der Waals surface area (Å²) >= 11 is 1.45. The van der Waals surface area contributed by atoms with E-state index in [-0.39, 0.29) is 12.0 Å². The van der Waals surface area contributed by atoms with Crippen LogP contribution in [-0.2, 0) is 4.74 Å². The van der Waals surface area contributed by atoms with E-state index in [4.69, 9.17) is 10.5 Å². The zero-order valence-electron chi connectivity index (χ0n) is 12.0. The van der Waals surface area contributed by atoms with Crippen LogP contribution in [0.1, 0.15) is 29.1 Å². The highest BCUT2D eigenvalue weighted by Gasteiger charge is 2.16. The minimum absolute atomic E-state index is 0.129. The number of rotatable bonds is 5. The molecule has 0 aliphatic carbocycles. The van der Waals surface area contributed by atoms with Crippen molar-refractivity contribution in [2.45, 2.75) is 26.9 Å². The second-order valence-corrected chi connectivity index (χ2v) is 5.99. The number of ether oxygens (including phenoxy) is 1. The minimum atomic E-state index is -0.129. The van der Waals surface area contributed by atoms with Gasteiger partial charge in [0.2, 0.25) is 0 Å². The van der Waals surface area contributed by atoms with Crippen LogP contribution in [0, 0.1) is 6.92 Å². The first-order valence-electron chi connectivity index (χ1n) is 6.68. The van der Waals surface area contributed by atoms with Crippen LogP contribution in [0.15, 0.2) is 18.2 Å². The third-order valence-corrected chi connectivity index (χ3v) is 4.35. The summed E-state index contributed by atoms with van der Waals surface area (Å²) in [5.41, 5.74) is 7.79. The summed E-state index contributed by atoms with van der Waals surface area (Å²) in [6.45, 7) is 6.95. The van der Waals surface area contributed by atoms with Crippen molar-refractivity contribution in [1.82, 2.24) is 5.32 Å². The average molecular weight is 292 g/mol. The van der Waals surface area contributed by atoms with Gasteiger partial charge in [0.15, 0.2) is 0 Å². The molecule has 108 valence electrons. The molecule has 0 bridgehead atoms. The van der Waals surface area contributed by atoms with Gasteiger partial charge in [0.05, 0.1) is 18.4 Å². The van der Waals surface area contributed by atoms with Crippen molar-refractivity contribution in [3.63, 3.8) is 0 Å². The number of benzene rings is 1. The Morgan fingerprint density at radius 3 is 2.85 bits per heavy atom. The van der Waals surface area contributed by atoms with Crippen molar-refractivity contribution in [3.8, 4) is 0 Å². The van der Waals surface area contributed by atoms with Gasteiger partial charge in [-0.05, 0) is 26.3 Å². The maximum atomic E-state index is 12.2. The molecular weight excluding hydrogens is 272 g/mol. The average Bonchev–Trinajstić information content (AvgIpc) is 2.74. The molecule has 1 aromatic heterocycles. The van der Waals surface area contributed by atoms with Crippen LogP contribution in [0.3, 0.4) is 0 Å². The van der Waals surface area contributed by atoms with Gasteiger partial charge in [-0.15, -0.1) is 11.3 Å². The Morgan fingerprint density at radius 2 is 2.20 bits per heavy atom. The Kier molecular flexibility index (Phi) is 4.62. The molecule has 0 radical (unpaired) electrons. The molecule has 4 nitrogen and oxygen atoms in total. The van der Waals surface area contributed by atoms with Gasteiger partial charge in [-0.2, -0.15) is 0 Å². The van der Waals surface area contributed by atoms with E-state index in [9.17, 15) is 4.79 Å². The molecule has 0 atom stereocenters. The summed E-state index contributed by atoms with van der Waals surface area (Å²) in [4.78, 5) is 12.7. The zero-order chi connectivity index (χ0) is 14.7. The number of hydrogen-bond donors (Lipinski definition) is 2. The molecule has 0 unspecified atom stereocenters. The van der Waals surface area contributed by atoms with Crippen LogP contribution < -0.4 is 11.1 Å². The molecule has 5 heteroatoms. The zero-order valence-corrected chi connectivity index (χ0v) is 12.8. The van der Waals surface area contributed by atoms with E-state index in [1.54, 1.807) is 0 Å². The summed E-state index contributed by atoms with van der Waals surface area (Å²) in [5, 5.41) is 3.80. The minimum Gasteiger partial charge on any atom is -0.397 e. The number of nitrogens with one attached hydrogen (secondary N) is 1. The van der Waals surface area contributed by atoms with Crippen molar-refractivity contribution in [1.29, 1.82) is 0 Å². The molecule has 20 heavy (non-hydrogen) atoms. The molecule has 0 spiro atoms. The first-order valence-corrected chi connectivity index (χ1v) is 7.49. The van der Waals surface area contributed by atoms with Crippen molar-refractivity contribution in [2.75, 3.05) is 18.9 Å². The topological polar surface area (TPSA) is 64.4 Å². The van der Waals surface area contributed by atoms with Crippen molar-refractivity contribution in [3.05, 3.63) is 28.6 Å². The van der Waals surface area contributed by atoms with Crippen molar-refractivity contribution in [2.24, 2.45) is 0 Å². The molecule has 0 saturated carbocycles. The Hall–Kier alpha value is -1.59. The van der Waals surface area contributed by atoms with Crippen molar-refractivity contribution >= 4 is 33.0 Å². The monoisotopic (exact) mass is 292 g/mol. The predicted octanol–water partition coefficient (Wildman–Crippen LogP) is 2.95. The van der Waals surface area contributed by atoms with Crippen LogP contribution in [0.25, 0.3) is 10.1 Å². The van der Waals surface area contributed by atoms with Gasteiger partial charge in [0.1, 0.15) is 4.88 Å². The number of amides is 1. The summed E-state index contributed by atoms with van der Waals surface area (Å²) in [7, 11) is 0. The molecule has 0 aliphatic heterocycles. The number of anilines is 1. The molecule has 2 rings (SSSR count). The van der Waals surface area contributed by atoms with Crippen LogP contribution in [0.2, 0.25) is 0 Å². The molecule has 1 heterocycles. The number of hydrogen-bond acceptors (Lipinski definition) is 4. The van der Waals surface area contributed by atoms with Crippen LogP contribution in [0.4, 0.5) is 5.69 Å². The van der Waals surface area contributed by atoms with E-state index in [0.29, 0.717) is 23.7 Å². The Labute approximate surface area is 122 Å². The molecule has 0 saturated heterocycles. The third-order valence-electron chi connectivity index (χ3n) is 3.00. The predicted molar refractivity (Wildman–Crippen MR) is 84.4 cm³/mol. The summed E-state index contributed by atoms with van der Waals surface area (Å²) in [6.07, 6.45) is 0.170. The SMILES string of the molecule is Cc1cccc2c(N)c(C(=O)NCCOC(C)C)sc12. The van der Waals surface area contributed by atoms with E-state index in [2.05, 4.69) is 5.32 Å². The summed E-state index contributed by atoms with van der Waals surface area (Å²) in [6, 6.07) is 5.93. The van der Waals surface area contributed by atoms with E-state index < -0.39 is 0 Å². The van der Waals surface area contributed by atoms with E-state index >= 15 is 0 Å². The van der Waals surface area contributed by atoms with Crippen LogP contribution >= 0.6 is 11.3 Å². The number of thiophene rings is 1. The second-order valence-electron chi connectivity index (χ2n) is 4.97. The molecule has 2 aromatic rings. The first-order chi connectivity index (χ1) is 9.50. The van der Waals surface area contributed by atoms with Gasteiger partial charge in [-0.1, -0.05) is 18.2 Å². The summed E-state index contributed by atoms with van der Waals surface area (Å²) < 4.78 is 6.47. The molecule has 0 aliphatic rings. The molecule has 3 N–H and O–H groups in total. The Morgan fingerprint density at radius 1 is 1.45 bits per heavy atom. The lowest BCUT2D eigenvalue weighted by molar-refractivity contribution is 0.0748. The fourth-order valence-corrected chi connectivity index (χ4v) is 3.09. The maximum Gasteiger partial charge on any atom is 0.263 e. The quantitative estimate of drug-likeness (QED) is 0.833.